The first-order chi connectivity index (χ1) is 9.01. The van der Waals surface area contributed by atoms with E-state index in [1.54, 1.807) is 0 Å². The van der Waals surface area contributed by atoms with E-state index in [4.69, 9.17) is 10.5 Å². The Morgan fingerprint density at radius 3 is 2.68 bits per heavy atom. The number of hydrogen-bond acceptors (Lipinski definition) is 2. The maximum absolute atomic E-state index is 13.7. The van der Waals surface area contributed by atoms with Crippen LogP contribution in [-0.4, -0.2) is 12.7 Å². The fourth-order valence-electron chi connectivity index (χ4n) is 2.55. The van der Waals surface area contributed by atoms with Gasteiger partial charge in [0.15, 0.2) is 0 Å². The van der Waals surface area contributed by atoms with Crippen molar-refractivity contribution in [3.8, 4) is 0 Å². The number of ether oxygens (including phenoxy) is 1. The van der Waals surface area contributed by atoms with Gasteiger partial charge in [0.05, 0.1) is 10.6 Å². The van der Waals surface area contributed by atoms with Crippen molar-refractivity contribution in [1.29, 1.82) is 0 Å². The highest BCUT2D eigenvalue weighted by Gasteiger charge is 2.31. The molecule has 0 heterocycles. The van der Waals surface area contributed by atoms with E-state index < -0.39 is 17.7 Å². The van der Waals surface area contributed by atoms with Gasteiger partial charge in [-0.05, 0) is 60.2 Å². The highest BCUT2D eigenvalue weighted by atomic mass is 79.9. The molecule has 0 aromatic heterocycles. The number of benzene rings is 1. The average Bonchev–Trinajstić information content (AvgIpc) is 2.31. The molecule has 2 rings (SSSR count). The molecule has 1 aliphatic carbocycles. The minimum absolute atomic E-state index is 0.126. The third-order valence-corrected chi connectivity index (χ3v) is 4.23. The van der Waals surface area contributed by atoms with E-state index >= 15 is 0 Å². The van der Waals surface area contributed by atoms with Crippen molar-refractivity contribution in [3.63, 3.8) is 0 Å². The van der Waals surface area contributed by atoms with Crippen molar-refractivity contribution in [2.75, 3.05) is 6.61 Å². The van der Waals surface area contributed by atoms with Gasteiger partial charge in [-0.15, -0.1) is 0 Å². The fraction of sp³-hybridized carbons (Fsp3) is 0.571. The molecule has 0 spiro atoms. The van der Waals surface area contributed by atoms with Crippen LogP contribution in [0.2, 0.25) is 0 Å². The van der Waals surface area contributed by atoms with Crippen LogP contribution in [0.1, 0.15) is 37.8 Å². The molecular formula is C14H18BrF2NO. The Balaban J connectivity index is 1.94. The summed E-state index contributed by atoms with van der Waals surface area (Å²) in [5.41, 5.74) is 6.23. The molecule has 1 aromatic carbocycles. The summed E-state index contributed by atoms with van der Waals surface area (Å²) in [7, 11) is 0. The minimum atomic E-state index is -0.479. The molecular weight excluding hydrogens is 316 g/mol. The maximum Gasteiger partial charge on any atom is 0.137 e. The summed E-state index contributed by atoms with van der Waals surface area (Å²) < 4.78 is 32.8. The smallest absolute Gasteiger partial charge is 0.137 e. The van der Waals surface area contributed by atoms with Gasteiger partial charge in [0.2, 0.25) is 0 Å². The molecule has 2 N–H and O–H groups in total. The standard InChI is InChI=1S/C14H18BrF2NO/c1-2-19-9-3-8(4-9)5-14(18)10-6-13(17)11(15)7-12(10)16/h6-9,14H,2-5,18H2,1H3. The van der Waals surface area contributed by atoms with Crippen molar-refractivity contribution in [2.24, 2.45) is 11.7 Å². The topological polar surface area (TPSA) is 35.2 Å². The predicted octanol–water partition coefficient (Wildman–Crippen LogP) is 3.93. The lowest BCUT2D eigenvalue weighted by atomic mass is 9.77. The Morgan fingerprint density at radius 2 is 2.05 bits per heavy atom. The Bertz CT molecular complexity index is 449. The van der Waals surface area contributed by atoms with Crippen LogP contribution in [-0.2, 0) is 4.74 Å². The normalized spacial score (nSPS) is 24.1. The van der Waals surface area contributed by atoms with Gasteiger partial charge in [0.25, 0.3) is 0 Å². The van der Waals surface area contributed by atoms with Crippen LogP contribution in [0.25, 0.3) is 0 Å². The zero-order chi connectivity index (χ0) is 14.0. The van der Waals surface area contributed by atoms with Crippen LogP contribution in [0.5, 0.6) is 0 Å². The second kappa shape index (κ2) is 6.29. The number of halogens is 3. The van der Waals surface area contributed by atoms with Crippen LogP contribution in [0.15, 0.2) is 16.6 Å². The van der Waals surface area contributed by atoms with Gasteiger partial charge in [0, 0.05) is 18.2 Å². The molecule has 106 valence electrons. The molecule has 0 radical (unpaired) electrons. The average molecular weight is 334 g/mol. The van der Waals surface area contributed by atoms with E-state index in [1.165, 1.54) is 6.07 Å². The summed E-state index contributed by atoms with van der Waals surface area (Å²) in [4.78, 5) is 0. The van der Waals surface area contributed by atoms with E-state index in [9.17, 15) is 8.78 Å². The van der Waals surface area contributed by atoms with Crippen molar-refractivity contribution >= 4 is 15.9 Å². The van der Waals surface area contributed by atoms with Crippen molar-refractivity contribution < 1.29 is 13.5 Å². The fourth-order valence-corrected chi connectivity index (χ4v) is 2.86. The lowest BCUT2D eigenvalue weighted by Gasteiger charge is -2.36. The van der Waals surface area contributed by atoms with Crippen LogP contribution in [0.3, 0.4) is 0 Å². The second-order valence-electron chi connectivity index (χ2n) is 5.04. The van der Waals surface area contributed by atoms with Crippen LogP contribution >= 0.6 is 15.9 Å². The van der Waals surface area contributed by atoms with E-state index in [0.29, 0.717) is 18.4 Å². The SMILES string of the molecule is CCOC1CC(CC(N)c2cc(F)c(Br)cc2F)C1. The van der Waals surface area contributed by atoms with Crippen molar-refractivity contribution in [3.05, 3.63) is 33.8 Å². The van der Waals surface area contributed by atoms with Crippen LogP contribution in [0, 0.1) is 17.6 Å². The Labute approximate surface area is 120 Å². The van der Waals surface area contributed by atoms with Gasteiger partial charge in [-0.2, -0.15) is 0 Å². The first kappa shape index (κ1) is 14.9. The molecule has 0 bridgehead atoms. The zero-order valence-electron chi connectivity index (χ0n) is 10.8. The summed E-state index contributed by atoms with van der Waals surface area (Å²) >= 11 is 2.96. The third kappa shape index (κ3) is 3.52. The van der Waals surface area contributed by atoms with Gasteiger partial charge in [-0.25, -0.2) is 8.78 Å². The minimum Gasteiger partial charge on any atom is -0.378 e. The number of rotatable bonds is 5. The molecule has 1 saturated carbocycles. The van der Waals surface area contributed by atoms with Crippen molar-refractivity contribution in [2.45, 2.75) is 38.3 Å². The van der Waals surface area contributed by atoms with E-state index in [0.717, 1.165) is 25.5 Å². The van der Waals surface area contributed by atoms with Gasteiger partial charge < -0.3 is 10.5 Å². The molecule has 0 amide bonds. The molecule has 19 heavy (non-hydrogen) atoms. The van der Waals surface area contributed by atoms with Crippen LogP contribution in [0.4, 0.5) is 8.78 Å². The largest absolute Gasteiger partial charge is 0.378 e. The number of hydrogen-bond donors (Lipinski definition) is 1. The zero-order valence-corrected chi connectivity index (χ0v) is 12.4. The van der Waals surface area contributed by atoms with Gasteiger partial charge in [-0.1, -0.05) is 0 Å². The Kier molecular flexibility index (Phi) is 4.92. The van der Waals surface area contributed by atoms with E-state index in [2.05, 4.69) is 15.9 Å². The lowest BCUT2D eigenvalue weighted by Crippen LogP contribution is -2.33. The van der Waals surface area contributed by atoms with E-state index in [1.807, 2.05) is 6.92 Å². The first-order valence-corrected chi connectivity index (χ1v) is 7.32. The highest BCUT2D eigenvalue weighted by Crippen LogP contribution is 2.37. The molecule has 1 aromatic rings. The number of nitrogens with two attached hydrogens (primary N) is 1. The van der Waals surface area contributed by atoms with Crippen molar-refractivity contribution in [1.82, 2.24) is 0 Å². The van der Waals surface area contributed by atoms with Gasteiger partial charge in [-0.3, -0.25) is 0 Å². The predicted molar refractivity (Wildman–Crippen MR) is 73.7 cm³/mol. The quantitative estimate of drug-likeness (QED) is 0.828. The summed E-state index contributed by atoms with van der Waals surface area (Å²) in [6.07, 6.45) is 2.90. The molecule has 1 fully saturated rings. The molecule has 1 atom stereocenters. The van der Waals surface area contributed by atoms with E-state index in [-0.39, 0.29) is 10.0 Å². The Hall–Kier alpha value is -0.520. The maximum atomic E-state index is 13.7. The highest BCUT2D eigenvalue weighted by molar-refractivity contribution is 9.10. The summed E-state index contributed by atoms with van der Waals surface area (Å²) in [6.45, 7) is 2.69. The lowest BCUT2D eigenvalue weighted by molar-refractivity contribution is -0.0282. The summed E-state index contributed by atoms with van der Waals surface area (Å²) in [5, 5.41) is 0. The third-order valence-electron chi connectivity index (χ3n) is 3.62. The Morgan fingerprint density at radius 1 is 1.37 bits per heavy atom. The molecule has 0 saturated heterocycles. The summed E-state index contributed by atoms with van der Waals surface area (Å²) in [5.74, 6) is -0.494. The second-order valence-corrected chi connectivity index (χ2v) is 5.90. The molecule has 2 nitrogen and oxygen atoms in total. The first-order valence-electron chi connectivity index (χ1n) is 6.52. The summed E-state index contributed by atoms with van der Waals surface area (Å²) in [6, 6.07) is 1.85. The molecule has 0 aliphatic heterocycles. The molecule has 1 unspecified atom stereocenters. The molecule has 5 heteroatoms. The van der Waals surface area contributed by atoms with Gasteiger partial charge in [0.1, 0.15) is 11.6 Å². The van der Waals surface area contributed by atoms with Gasteiger partial charge >= 0.3 is 0 Å². The van der Waals surface area contributed by atoms with Crippen LogP contribution < -0.4 is 5.73 Å². The molecule has 1 aliphatic rings. The monoisotopic (exact) mass is 333 g/mol.